The van der Waals surface area contributed by atoms with Crippen molar-refractivity contribution in [1.82, 2.24) is 0 Å². The SMILES string of the molecule is Cc1cc([PH](O)(c2cc(C)c(C)c(C)c2)C(C)C)cc(C)c1C. The molecular weight excluding hydrogens is 299 g/mol. The summed E-state index contributed by atoms with van der Waals surface area (Å²) < 4.78 is 0. The van der Waals surface area contributed by atoms with Crippen LogP contribution in [-0.2, 0) is 0 Å². The minimum absolute atomic E-state index is 0.227. The van der Waals surface area contributed by atoms with Crippen LogP contribution in [0.3, 0.4) is 0 Å². The Kier molecular flexibility index (Phi) is 5.04. The molecule has 23 heavy (non-hydrogen) atoms. The summed E-state index contributed by atoms with van der Waals surface area (Å²) in [6.07, 6.45) is 0. The van der Waals surface area contributed by atoms with Crippen molar-refractivity contribution in [3.05, 3.63) is 57.6 Å². The van der Waals surface area contributed by atoms with Crippen molar-refractivity contribution in [2.75, 3.05) is 0 Å². The third kappa shape index (κ3) is 3.10. The zero-order valence-electron chi connectivity index (χ0n) is 15.8. The zero-order chi connectivity index (χ0) is 17.5. The van der Waals surface area contributed by atoms with Crippen molar-refractivity contribution in [3.8, 4) is 0 Å². The molecule has 1 N–H and O–H groups in total. The molecule has 0 amide bonds. The molecule has 0 aliphatic heterocycles. The van der Waals surface area contributed by atoms with E-state index in [-0.39, 0.29) is 5.66 Å². The molecule has 0 bridgehead atoms. The van der Waals surface area contributed by atoms with Crippen molar-refractivity contribution in [3.63, 3.8) is 0 Å². The van der Waals surface area contributed by atoms with E-state index in [4.69, 9.17) is 0 Å². The molecule has 0 aliphatic carbocycles. The van der Waals surface area contributed by atoms with Gasteiger partial charge in [-0.25, -0.2) is 0 Å². The zero-order valence-corrected chi connectivity index (χ0v) is 16.8. The van der Waals surface area contributed by atoms with Gasteiger partial charge in [0, 0.05) is 0 Å². The van der Waals surface area contributed by atoms with E-state index in [1.807, 2.05) is 0 Å². The quantitative estimate of drug-likeness (QED) is 0.818. The van der Waals surface area contributed by atoms with Crippen LogP contribution in [-0.4, -0.2) is 10.6 Å². The van der Waals surface area contributed by atoms with Crippen molar-refractivity contribution in [1.29, 1.82) is 0 Å². The Labute approximate surface area is 142 Å². The number of hydrogen-bond donors (Lipinski definition) is 1. The fraction of sp³-hybridized carbons (Fsp3) is 0.429. The Morgan fingerprint density at radius 3 is 1.13 bits per heavy atom. The molecule has 0 atom stereocenters. The van der Waals surface area contributed by atoms with Crippen LogP contribution in [0.25, 0.3) is 0 Å². The molecule has 0 spiro atoms. The van der Waals surface area contributed by atoms with Gasteiger partial charge in [0.15, 0.2) is 0 Å². The van der Waals surface area contributed by atoms with Gasteiger partial charge in [-0.05, 0) is 0 Å². The van der Waals surface area contributed by atoms with Gasteiger partial charge in [0.1, 0.15) is 0 Å². The minimum atomic E-state index is -2.75. The van der Waals surface area contributed by atoms with Crippen LogP contribution >= 0.6 is 7.49 Å². The third-order valence-corrected chi connectivity index (χ3v) is 9.58. The summed E-state index contributed by atoms with van der Waals surface area (Å²) in [5.41, 5.74) is 7.96. The molecule has 2 heteroatoms. The van der Waals surface area contributed by atoms with Crippen LogP contribution in [0, 0.1) is 41.5 Å². The first-order valence-corrected chi connectivity index (χ1v) is 10.5. The van der Waals surface area contributed by atoms with Gasteiger partial charge in [-0.2, -0.15) is 0 Å². The van der Waals surface area contributed by atoms with Crippen LogP contribution in [0.4, 0.5) is 0 Å². The van der Waals surface area contributed by atoms with Crippen LogP contribution in [0.1, 0.15) is 47.2 Å². The molecule has 2 rings (SSSR count). The summed E-state index contributed by atoms with van der Waals surface area (Å²) in [6, 6.07) is 8.83. The molecule has 0 aliphatic rings. The maximum atomic E-state index is 11.8. The predicted molar refractivity (Wildman–Crippen MR) is 106 cm³/mol. The first-order valence-electron chi connectivity index (χ1n) is 8.48. The number of rotatable bonds is 3. The molecule has 2 aromatic rings. The van der Waals surface area contributed by atoms with Crippen LogP contribution < -0.4 is 10.6 Å². The molecule has 126 valence electrons. The van der Waals surface area contributed by atoms with Crippen molar-refractivity contribution >= 4 is 18.1 Å². The van der Waals surface area contributed by atoms with Gasteiger partial charge < -0.3 is 0 Å². The fourth-order valence-electron chi connectivity index (χ4n) is 3.34. The molecule has 0 saturated heterocycles. The van der Waals surface area contributed by atoms with E-state index >= 15 is 0 Å². The second kappa shape index (κ2) is 6.38. The normalized spacial score (nSPS) is 12.8. The molecule has 2 aromatic carbocycles. The Morgan fingerprint density at radius 2 is 0.913 bits per heavy atom. The first-order chi connectivity index (χ1) is 10.6. The summed E-state index contributed by atoms with van der Waals surface area (Å²) in [6.45, 7) is 17.2. The maximum absolute atomic E-state index is 11.8. The van der Waals surface area contributed by atoms with E-state index in [0.29, 0.717) is 0 Å². The van der Waals surface area contributed by atoms with E-state index in [1.165, 1.54) is 33.4 Å². The summed E-state index contributed by atoms with van der Waals surface area (Å²) in [4.78, 5) is 11.8. The molecule has 0 radical (unpaired) electrons. The third-order valence-electron chi connectivity index (χ3n) is 5.57. The second-order valence-electron chi connectivity index (χ2n) is 7.39. The molecule has 0 fully saturated rings. The Balaban J connectivity index is 2.75. The molecule has 1 nitrogen and oxygen atoms in total. The topological polar surface area (TPSA) is 20.2 Å². The average Bonchev–Trinajstić information content (AvgIpc) is 2.48. The number of benzene rings is 2. The Morgan fingerprint density at radius 1 is 0.652 bits per heavy atom. The monoisotopic (exact) mass is 330 g/mol. The van der Waals surface area contributed by atoms with Crippen LogP contribution in [0.15, 0.2) is 24.3 Å². The van der Waals surface area contributed by atoms with Gasteiger partial charge in [0.25, 0.3) is 0 Å². The van der Waals surface area contributed by atoms with E-state index < -0.39 is 7.49 Å². The number of aryl methyl sites for hydroxylation is 4. The van der Waals surface area contributed by atoms with Gasteiger partial charge in [-0.1, -0.05) is 0 Å². The van der Waals surface area contributed by atoms with Gasteiger partial charge in [0.05, 0.1) is 0 Å². The van der Waals surface area contributed by atoms with E-state index in [9.17, 15) is 4.89 Å². The van der Waals surface area contributed by atoms with Crippen molar-refractivity contribution in [2.24, 2.45) is 0 Å². The summed E-state index contributed by atoms with van der Waals surface area (Å²) in [5.74, 6) is 0. The Hall–Kier alpha value is -1.17. The van der Waals surface area contributed by atoms with E-state index in [1.54, 1.807) is 0 Å². The standard InChI is InChI=1S/C21H31OP/c1-13(2)23(22,20-9-14(3)18(7)15(4)10-20)21-11-16(5)19(8)17(6)12-21/h9-13,22-23H,1-8H3. The molecule has 0 saturated carbocycles. The fourth-order valence-corrected chi connectivity index (χ4v) is 6.76. The van der Waals surface area contributed by atoms with Crippen molar-refractivity contribution < 1.29 is 4.89 Å². The second-order valence-corrected chi connectivity index (χ2v) is 11.2. The van der Waals surface area contributed by atoms with Gasteiger partial charge in [0.2, 0.25) is 0 Å². The van der Waals surface area contributed by atoms with E-state index in [0.717, 1.165) is 10.6 Å². The summed E-state index contributed by atoms with van der Waals surface area (Å²) in [5, 5.41) is 2.27. The average molecular weight is 330 g/mol. The summed E-state index contributed by atoms with van der Waals surface area (Å²) >= 11 is 0. The van der Waals surface area contributed by atoms with Crippen molar-refractivity contribution in [2.45, 2.75) is 61.0 Å². The predicted octanol–water partition coefficient (Wildman–Crippen LogP) is 4.55. The molecule has 0 heterocycles. The molecule has 0 aromatic heterocycles. The van der Waals surface area contributed by atoms with Crippen LogP contribution in [0.2, 0.25) is 0 Å². The Bertz CT molecular complexity index is 640. The van der Waals surface area contributed by atoms with Gasteiger partial charge in [-0.3, -0.25) is 0 Å². The number of hydrogen-bond acceptors (Lipinski definition) is 1. The van der Waals surface area contributed by atoms with Crippen LogP contribution in [0.5, 0.6) is 0 Å². The molecule has 0 unspecified atom stereocenters. The van der Waals surface area contributed by atoms with E-state index in [2.05, 4.69) is 79.7 Å². The van der Waals surface area contributed by atoms with Gasteiger partial charge >= 0.3 is 142 Å². The molecular formula is C21H31OP. The first kappa shape index (κ1) is 18.2. The van der Waals surface area contributed by atoms with Gasteiger partial charge in [-0.15, -0.1) is 0 Å². The summed E-state index contributed by atoms with van der Waals surface area (Å²) in [7, 11) is -2.75.